The minimum absolute atomic E-state index is 0.163. The molecule has 2 heterocycles. The molecular weight excluding hydrogens is 286 g/mol. The second kappa shape index (κ2) is 5.69. The van der Waals surface area contributed by atoms with Gasteiger partial charge in [-0.25, -0.2) is 0 Å². The van der Waals surface area contributed by atoms with Gasteiger partial charge in [-0.2, -0.15) is 0 Å². The van der Waals surface area contributed by atoms with Crippen LogP contribution in [0.4, 0.5) is 5.69 Å². The van der Waals surface area contributed by atoms with Gasteiger partial charge in [-0.1, -0.05) is 26.0 Å². The molecule has 0 unspecified atom stereocenters. The Kier molecular flexibility index (Phi) is 3.84. The number of primary amides is 1. The highest BCUT2D eigenvalue weighted by atomic mass is 16.1. The van der Waals surface area contributed by atoms with Crippen molar-refractivity contribution >= 4 is 11.6 Å². The summed E-state index contributed by atoms with van der Waals surface area (Å²) in [6.07, 6.45) is 2.84. The van der Waals surface area contributed by atoms with E-state index in [0.717, 1.165) is 25.1 Å². The largest absolute Gasteiger partial charge is 0.372 e. The van der Waals surface area contributed by atoms with Gasteiger partial charge in [0.1, 0.15) is 0 Å². The molecule has 4 heteroatoms. The normalized spacial score (nSPS) is 16.0. The lowest BCUT2D eigenvalue weighted by Crippen LogP contribution is -2.37. The monoisotopic (exact) mass is 309 g/mol. The van der Waals surface area contributed by atoms with Crippen molar-refractivity contribution in [1.82, 2.24) is 4.98 Å². The summed E-state index contributed by atoms with van der Waals surface area (Å²) in [7, 11) is 0. The van der Waals surface area contributed by atoms with Crippen LogP contribution in [0.25, 0.3) is 11.3 Å². The van der Waals surface area contributed by atoms with Crippen molar-refractivity contribution in [2.45, 2.75) is 32.6 Å². The first kappa shape index (κ1) is 15.5. The molecule has 120 valence electrons. The standard InChI is InChI=1S/C19H23N3O/c1-4-22-11-9-19(2,3)15-8-7-13(12-16(15)22)17-14(18(20)23)6-5-10-21-17/h5-8,10,12H,4,9,11H2,1-3H3,(H2,20,23). The van der Waals surface area contributed by atoms with Crippen molar-refractivity contribution < 1.29 is 4.79 Å². The fourth-order valence-corrected chi connectivity index (χ4v) is 3.35. The molecule has 2 N–H and O–H groups in total. The average molecular weight is 309 g/mol. The number of hydrogen-bond donors (Lipinski definition) is 1. The molecule has 1 aromatic heterocycles. The molecule has 0 spiro atoms. The van der Waals surface area contributed by atoms with E-state index in [1.165, 1.54) is 11.3 Å². The van der Waals surface area contributed by atoms with Crippen molar-refractivity contribution in [3.8, 4) is 11.3 Å². The van der Waals surface area contributed by atoms with Crippen LogP contribution in [0.1, 0.15) is 43.1 Å². The first-order valence-corrected chi connectivity index (χ1v) is 8.08. The zero-order valence-electron chi connectivity index (χ0n) is 14.0. The Morgan fingerprint density at radius 3 is 2.83 bits per heavy atom. The molecule has 1 aliphatic rings. The fraction of sp³-hybridized carbons (Fsp3) is 0.368. The van der Waals surface area contributed by atoms with Gasteiger partial charge in [-0.15, -0.1) is 0 Å². The number of nitrogens with two attached hydrogens (primary N) is 1. The average Bonchev–Trinajstić information content (AvgIpc) is 2.54. The number of rotatable bonds is 3. The maximum atomic E-state index is 11.7. The molecule has 4 nitrogen and oxygen atoms in total. The minimum atomic E-state index is -0.446. The summed E-state index contributed by atoms with van der Waals surface area (Å²) in [5.41, 5.74) is 10.3. The quantitative estimate of drug-likeness (QED) is 0.946. The van der Waals surface area contributed by atoms with Gasteiger partial charge in [0.15, 0.2) is 0 Å². The molecule has 0 aliphatic carbocycles. The van der Waals surface area contributed by atoms with Crippen LogP contribution < -0.4 is 10.6 Å². The second-order valence-electron chi connectivity index (χ2n) is 6.71. The summed E-state index contributed by atoms with van der Waals surface area (Å²) in [6.45, 7) is 8.76. The summed E-state index contributed by atoms with van der Waals surface area (Å²) in [6, 6.07) is 9.84. The molecule has 1 aromatic carbocycles. The van der Waals surface area contributed by atoms with E-state index >= 15 is 0 Å². The summed E-state index contributed by atoms with van der Waals surface area (Å²) in [4.78, 5) is 18.5. The highest BCUT2D eigenvalue weighted by Gasteiger charge is 2.31. The van der Waals surface area contributed by atoms with E-state index in [9.17, 15) is 4.79 Å². The zero-order chi connectivity index (χ0) is 16.6. The van der Waals surface area contributed by atoms with Crippen LogP contribution in [-0.4, -0.2) is 24.0 Å². The third kappa shape index (κ3) is 2.69. The minimum Gasteiger partial charge on any atom is -0.372 e. The molecule has 23 heavy (non-hydrogen) atoms. The summed E-state index contributed by atoms with van der Waals surface area (Å²) < 4.78 is 0. The van der Waals surface area contributed by atoms with Crippen molar-refractivity contribution in [2.75, 3.05) is 18.0 Å². The van der Waals surface area contributed by atoms with Gasteiger partial charge in [0.05, 0.1) is 11.3 Å². The number of carbonyl (C=O) groups excluding carboxylic acids is 1. The number of nitrogens with zero attached hydrogens (tertiary/aromatic N) is 2. The Morgan fingerprint density at radius 2 is 2.13 bits per heavy atom. The Labute approximate surface area is 137 Å². The number of hydrogen-bond acceptors (Lipinski definition) is 3. The van der Waals surface area contributed by atoms with Crippen LogP contribution in [0.2, 0.25) is 0 Å². The third-order valence-corrected chi connectivity index (χ3v) is 4.80. The second-order valence-corrected chi connectivity index (χ2v) is 6.71. The zero-order valence-corrected chi connectivity index (χ0v) is 14.0. The number of carbonyl (C=O) groups is 1. The fourth-order valence-electron chi connectivity index (χ4n) is 3.35. The molecular formula is C19H23N3O. The molecule has 0 radical (unpaired) electrons. The van der Waals surface area contributed by atoms with E-state index in [4.69, 9.17) is 5.73 Å². The third-order valence-electron chi connectivity index (χ3n) is 4.80. The number of amides is 1. The van der Waals surface area contributed by atoms with Gasteiger partial charge in [-0.3, -0.25) is 9.78 Å². The van der Waals surface area contributed by atoms with Crippen LogP contribution in [0.5, 0.6) is 0 Å². The van der Waals surface area contributed by atoms with Gasteiger partial charge >= 0.3 is 0 Å². The number of anilines is 1. The van der Waals surface area contributed by atoms with Crippen LogP contribution in [0.3, 0.4) is 0 Å². The lowest BCUT2D eigenvalue weighted by molar-refractivity contribution is 0.100. The van der Waals surface area contributed by atoms with E-state index < -0.39 is 5.91 Å². The smallest absolute Gasteiger partial charge is 0.250 e. The highest BCUT2D eigenvalue weighted by molar-refractivity contribution is 5.99. The Hall–Kier alpha value is -2.36. The van der Waals surface area contributed by atoms with Crippen molar-refractivity contribution in [3.63, 3.8) is 0 Å². The molecule has 0 saturated heterocycles. The van der Waals surface area contributed by atoms with E-state index in [1.807, 2.05) is 0 Å². The summed E-state index contributed by atoms with van der Waals surface area (Å²) >= 11 is 0. The van der Waals surface area contributed by atoms with E-state index in [1.54, 1.807) is 18.3 Å². The van der Waals surface area contributed by atoms with E-state index in [-0.39, 0.29) is 5.41 Å². The van der Waals surface area contributed by atoms with Gasteiger partial charge in [0, 0.05) is 30.5 Å². The number of aromatic nitrogens is 1. The lowest BCUT2D eigenvalue weighted by Gasteiger charge is -2.40. The van der Waals surface area contributed by atoms with Crippen LogP contribution in [-0.2, 0) is 5.41 Å². The lowest BCUT2D eigenvalue weighted by atomic mass is 9.77. The summed E-state index contributed by atoms with van der Waals surface area (Å²) in [5.74, 6) is -0.446. The Balaban J connectivity index is 2.16. The molecule has 0 atom stereocenters. The van der Waals surface area contributed by atoms with Crippen molar-refractivity contribution in [2.24, 2.45) is 5.73 Å². The van der Waals surface area contributed by atoms with Crippen molar-refractivity contribution in [3.05, 3.63) is 47.7 Å². The molecule has 1 aliphatic heterocycles. The molecule has 0 bridgehead atoms. The van der Waals surface area contributed by atoms with Gasteiger partial charge in [0.2, 0.25) is 0 Å². The van der Waals surface area contributed by atoms with Gasteiger partial charge in [0.25, 0.3) is 5.91 Å². The van der Waals surface area contributed by atoms with E-state index in [0.29, 0.717) is 11.3 Å². The van der Waals surface area contributed by atoms with Crippen LogP contribution >= 0.6 is 0 Å². The maximum absolute atomic E-state index is 11.7. The molecule has 1 amide bonds. The Morgan fingerprint density at radius 1 is 1.35 bits per heavy atom. The molecule has 3 rings (SSSR count). The SMILES string of the molecule is CCN1CCC(C)(C)c2ccc(-c3ncccc3C(N)=O)cc21. The number of fused-ring (bicyclic) bond motifs is 1. The molecule has 2 aromatic rings. The predicted octanol–water partition coefficient (Wildman–Crippen LogP) is 3.36. The Bertz CT molecular complexity index is 752. The summed E-state index contributed by atoms with van der Waals surface area (Å²) in [5, 5.41) is 0. The number of benzene rings is 1. The van der Waals surface area contributed by atoms with Gasteiger partial charge in [-0.05, 0) is 42.5 Å². The van der Waals surface area contributed by atoms with Gasteiger partial charge < -0.3 is 10.6 Å². The molecule has 0 fully saturated rings. The highest BCUT2D eigenvalue weighted by Crippen LogP contribution is 2.41. The maximum Gasteiger partial charge on any atom is 0.250 e. The van der Waals surface area contributed by atoms with Crippen molar-refractivity contribution in [1.29, 1.82) is 0 Å². The first-order valence-electron chi connectivity index (χ1n) is 8.08. The number of pyridine rings is 1. The topological polar surface area (TPSA) is 59.2 Å². The van der Waals surface area contributed by atoms with Crippen LogP contribution in [0.15, 0.2) is 36.5 Å². The van der Waals surface area contributed by atoms with E-state index in [2.05, 4.69) is 48.9 Å². The van der Waals surface area contributed by atoms with Crippen LogP contribution in [0, 0.1) is 0 Å². The first-order chi connectivity index (χ1) is 10.9. The predicted molar refractivity (Wildman–Crippen MR) is 93.7 cm³/mol. The molecule has 0 saturated carbocycles.